The molecular formula is C35H33ClFN3O4. The van der Waals surface area contributed by atoms with E-state index in [2.05, 4.69) is 28.4 Å². The van der Waals surface area contributed by atoms with E-state index in [0.29, 0.717) is 24.4 Å². The molecule has 44 heavy (non-hydrogen) atoms. The van der Waals surface area contributed by atoms with E-state index in [0.717, 1.165) is 67.8 Å². The van der Waals surface area contributed by atoms with Gasteiger partial charge in [0.15, 0.2) is 11.2 Å². The summed E-state index contributed by atoms with van der Waals surface area (Å²) in [6.07, 6.45) is 5.81. The van der Waals surface area contributed by atoms with Crippen LogP contribution in [0.2, 0.25) is 5.02 Å². The number of para-hydroxylation sites is 1. The van der Waals surface area contributed by atoms with Gasteiger partial charge in [-0.25, -0.2) is 4.39 Å². The molecule has 6 rings (SSSR count). The van der Waals surface area contributed by atoms with Crippen molar-refractivity contribution in [1.29, 1.82) is 0 Å². The van der Waals surface area contributed by atoms with Gasteiger partial charge in [-0.15, -0.1) is 0 Å². The molecule has 2 saturated heterocycles. The largest absolute Gasteiger partial charge is 0.451 e. The van der Waals surface area contributed by atoms with Gasteiger partial charge in [-0.1, -0.05) is 53.6 Å². The van der Waals surface area contributed by atoms with Crippen LogP contribution in [0.15, 0.2) is 93.7 Å². The number of piperidine rings is 1. The Morgan fingerprint density at radius 1 is 0.977 bits per heavy atom. The summed E-state index contributed by atoms with van der Waals surface area (Å²) in [5.41, 5.74) is 4.20. The minimum atomic E-state index is -0.548. The number of benzene rings is 3. The maximum Gasteiger partial charge on any atom is 0.287 e. The first kappa shape index (κ1) is 29.6. The maximum atomic E-state index is 13.6. The molecule has 2 fully saturated rings. The van der Waals surface area contributed by atoms with E-state index in [-0.39, 0.29) is 28.7 Å². The van der Waals surface area contributed by atoms with Gasteiger partial charge in [-0.3, -0.25) is 14.4 Å². The Morgan fingerprint density at radius 3 is 2.50 bits per heavy atom. The van der Waals surface area contributed by atoms with Crippen LogP contribution >= 0.6 is 11.6 Å². The number of likely N-dealkylation sites (tertiary alicyclic amines) is 1. The zero-order valence-electron chi connectivity index (χ0n) is 24.2. The summed E-state index contributed by atoms with van der Waals surface area (Å²) >= 11 is 6.10. The fraction of sp³-hybridized carbons (Fsp3) is 0.286. The predicted molar refractivity (Wildman–Crippen MR) is 169 cm³/mol. The van der Waals surface area contributed by atoms with Gasteiger partial charge in [0.05, 0.1) is 11.4 Å². The third-order valence-electron chi connectivity index (χ3n) is 8.31. The second kappa shape index (κ2) is 13.1. The Bertz CT molecular complexity index is 1780. The van der Waals surface area contributed by atoms with Crippen molar-refractivity contribution in [3.63, 3.8) is 0 Å². The second-order valence-electron chi connectivity index (χ2n) is 11.4. The number of rotatable bonds is 8. The molecule has 2 aliphatic heterocycles. The molecule has 0 saturated carbocycles. The smallest absolute Gasteiger partial charge is 0.287 e. The van der Waals surface area contributed by atoms with Crippen molar-refractivity contribution in [3.05, 3.63) is 122 Å². The van der Waals surface area contributed by atoms with Crippen LogP contribution in [0, 0.1) is 5.82 Å². The quantitative estimate of drug-likeness (QED) is 0.237. The summed E-state index contributed by atoms with van der Waals surface area (Å²) in [6, 6.07) is 20.2. The molecule has 9 heteroatoms. The van der Waals surface area contributed by atoms with Gasteiger partial charge in [-0.2, -0.15) is 0 Å². The Balaban J connectivity index is 1.19. The summed E-state index contributed by atoms with van der Waals surface area (Å²) in [5, 5.41) is 3.75. The molecule has 226 valence electrons. The zero-order chi connectivity index (χ0) is 30.6. The van der Waals surface area contributed by atoms with Gasteiger partial charge in [0, 0.05) is 49.4 Å². The number of amides is 2. The third-order valence-corrected chi connectivity index (χ3v) is 8.56. The lowest BCUT2D eigenvalue weighted by molar-refractivity contribution is -0.128. The number of fused-ring (bicyclic) bond motifs is 1. The lowest BCUT2D eigenvalue weighted by Gasteiger charge is -2.33. The minimum absolute atomic E-state index is 0.0849. The van der Waals surface area contributed by atoms with E-state index in [1.165, 1.54) is 17.7 Å². The lowest BCUT2D eigenvalue weighted by atomic mass is 9.97. The zero-order valence-corrected chi connectivity index (χ0v) is 25.0. The average Bonchev–Trinajstić information content (AvgIpc) is 3.43. The van der Waals surface area contributed by atoms with Crippen molar-refractivity contribution in [1.82, 2.24) is 10.2 Å². The monoisotopic (exact) mass is 613 g/mol. The molecule has 4 aromatic rings. The van der Waals surface area contributed by atoms with E-state index in [4.69, 9.17) is 16.0 Å². The van der Waals surface area contributed by atoms with Crippen molar-refractivity contribution in [2.24, 2.45) is 0 Å². The van der Waals surface area contributed by atoms with Gasteiger partial charge in [0.2, 0.25) is 5.91 Å². The van der Waals surface area contributed by atoms with Gasteiger partial charge in [-0.05, 0) is 73.2 Å². The first-order valence-electron chi connectivity index (χ1n) is 14.9. The Hall–Kier alpha value is -4.43. The minimum Gasteiger partial charge on any atom is -0.451 e. The van der Waals surface area contributed by atoms with Crippen molar-refractivity contribution in [2.75, 3.05) is 24.5 Å². The topological polar surface area (TPSA) is 82.9 Å². The van der Waals surface area contributed by atoms with E-state index < -0.39 is 17.2 Å². The molecule has 0 unspecified atom stereocenters. The number of carbonyl (C=O) groups excluding carboxylic acids is 2. The average molecular weight is 614 g/mol. The molecule has 2 aliphatic rings. The van der Waals surface area contributed by atoms with Gasteiger partial charge in [0.25, 0.3) is 5.91 Å². The molecule has 3 heterocycles. The lowest BCUT2D eigenvalue weighted by Crippen LogP contribution is -2.37. The standard InChI is InChI=1S/C35H33ClFN3O4/c36-26-9-7-23(8-10-26)18-28(38-35(43)33-21-31(41)29-20-27(37)11-12-32(29)44-33)19-24-13-16-39(17-14-24)30-5-2-1-4-25(30)22-40-15-3-6-34(40)42/h1-2,4-5,7-12,19-21,28H,3,6,13-18,22H2,(H,38,43)/t28-/m1/s1. The summed E-state index contributed by atoms with van der Waals surface area (Å²) < 4.78 is 19.3. The van der Waals surface area contributed by atoms with E-state index in [1.54, 1.807) is 0 Å². The van der Waals surface area contributed by atoms with Crippen molar-refractivity contribution in [3.8, 4) is 0 Å². The Labute approximate surface area is 259 Å². The van der Waals surface area contributed by atoms with Crippen LogP contribution in [0.5, 0.6) is 0 Å². The summed E-state index contributed by atoms with van der Waals surface area (Å²) in [5.74, 6) is -0.981. The molecule has 1 aromatic heterocycles. The molecule has 1 atom stereocenters. The highest BCUT2D eigenvalue weighted by molar-refractivity contribution is 6.30. The van der Waals surface area contributed by atoms with Gasteiger partial charge in [0.1, 0.15) is 11.4 Å². The third kappa shape index (κ3) is 6.86. The first-order chi connectivity index (χ1) is 21.3. The summed E-state index contributed by atoms with van der Waals surface area (Å²) in [6.45, 7) is 3.06. The predicted octanol–water partition coefficient (Wildman–Crippen LogP) is 6.28. The van der Waals surface area contributed by atoms with E-state index in [1.807, 2.05) is 41.3 Å². The summed E-state index contributed by atoms with van der Waals surface area (Å²) in [7, 11) is 0. The Kier molecular flexibility index (Phi) is 8.79. The summed E-state index contributed by atoms with van der Waals surface area (Å²) in [4.78, 5) is 42.5. The van der Waals surface area contributed by atoms with Crippen LogP contribution in [0.1, 0.15) is 47.4 Å². The number of carbonyl (C=O) groups is 2. The number of nitrogens with one attached hydrogen (secondary N) is 1. The number of halogens is 2. The van der Waals surface area contributed by atoms with Crippen LogP contribution in [0.4, 0.5) is 10.1 Å². The highest BCUT2D eigenvalue weighted by Crippen LogP contribution is 2.29. The maximum absolute atomic E-state index is 13.6. The van der Waals surface area contributed by atoms with Crippen LogP contribution in [0.25, 0.3) is 11.0 Å². The fourth-order valence-electron chi connectivity index (χ4n) is 6.02. The van der Waals surface area contributed by atoms with Crippen LogP contribution in [-0.2, 0) is 17.8 Å². The number of hydrogen-bond acceptors (Lipinski definition) is 5. The van der Waals surface area contributed by atoms with Crippen LogP contribution in [-0.4, -0.2) is 42.4 Å². The van der Waals surface area contributed by atoms with E-state index >= 15 is 0 Å². The molecule has 2 amide bonds. The van der Waals surface area contributed by atoms with E-state index in [9.17, 15) is 18.8 Å². The van der Waals surface area contributed by atoms with Crippen molar-refractivity contribution in [2.45, 2.75) is 44.7 Å². The highest BCUT2D eigenvalue weighted by atomic mass is 35.5. The molecule has 0 aliphatic carbocycles. The Morgan fingerprint density at radius 2 is 1.75 bits per heavy atom. The number of anilines is 1. The first-order valence-corrected chi connectivity index (χ1v) is 15.3. The van der Waals surface area contributed by atoms with Crippen molar-refractivity contribution >= 4 is 40.1 Å². The highest BCUT2D eigenvalue weighted by Gasteiger charge is 2.24. The number of nitrogens with zero attached hydrogens (tertiary/aromatic N) is 2. The molecule has 1 N–H and O–H groups in total. The van der Waals surface area contributed by atoms with Crippen molar-refractivity contribution < 1.29 is 18.4 Å². The number of hydrogen-bond donors (Lipinski definition) is 1. The SMILES string of the molecule is O=C(N[C@@H](C=C1CCN(c2ccccc2CN2CCCC2=O)CC1)Cc1ccc(Cl)cc1)c1cc(=O)c2cc(F)ccc2o1. The molecule has 7 nitrogen and oxygen atoms in total. The van der Waals surface area contributed by atoms with Crippen LogP contribution < -0.4 is 15.6 Å². The normalized spacial score (nSPS) is 16.0. The van der Waals surface area contributed by atoms with Gasteiger partial charge >= 0.3 is 0 Å². The second-order valence-corrected chi connectivity index (χ2v) is 11.8. The molecule has 0 radical (unpaired) electrons. The van der Waals surface area contributed by atoms with Crippen LogP contribution in [0.3, 0.4) is 0 Å². The molecule has 3 aromatic carbocycles. The van der Waals surface area contributed by atoms with Gasteiger partial charge < -0.3 is 19.5 Å². The molecule has 0 spiro atoms. The fourth-order valence-corrected chi connectivity index (χ4v) is 6.15. The molecular weight excluding hydrogens is 581 g/mol. The molecule has 0 bridgehead atoms.